The number of nitrogens with one attached hydrogen (secondary N) is 1. The van der Waals surface area contributed by atoms with Crippen LogP contribution in [0.3, 0.4) is 0 Å². The van der Waals surface area contributed by atoms with E-state index in [0.717, 1.165) is 19.4 Å². The normalized spacial score (nSPS) is 20.9. The summed E-state index contributed by atoms with van der Waals surface area (Å²) in [5.41, 5.74) is 2.79. The van der Waals surface area contributed by atoms with Crippen LogP contribution in [0.25, 0.3) is 0 Å². The largest absolute Gasteiger partial charge is 0.382 e. The molecule has 0 saturated carbocycles. The van der Waals surface area contributed by atoms with Crippen molar-refractivity contribution >= 4 is 5.69 Å². The van der Waals surface area contributed by atoms with Gasteiger partial charge in [-0.1, -0.05) is 25.1 Å². The lowest BCUT2D eigenvalue weighted by Gasteiger charge is -2.31. The van der Waals surface area contributed by atoms with E-state index in [1.807, 2.05) is 6.20 Å². The minimum Gasteiger partial charge on any atom is -0.382 e. The Morgan fingerprint density at radius 1 is 1.33 bits per heavy atom. The van der Waals surface area contributed by atoms with Crippen molar-refractivity contribution in [2.45, 2.75) is 58.0 Å². The van der Waals surface area contributed by atoms with Crippen molar-refractivity contribution in [3.8, 4) is 0 Å². The van der Waals surface area contributed by atoms with E-state index in [1.165, 1.54) is 29.9 Å². The van der Waals surface area contributed by atoms with Crippen LogP contribution < -0.4 is 5.32 Å². The smallest absolute Gasteiger partial charge is 0.108 e. The molecule has 112 valence electrons. The Morgan fingerprint density at radius 3 is 3.05 bits per heavy atom. The molecule has 0 amide bonds. The summed E-state index contributed by atoms with van der Waals surface area (Å²) in [5, 5.41) is 3.59. The molecule has 0 spiro atoms. The highest BCUT2D eigenvalue weighted by Crippen LogP contribution is 2.36. The molecule has 0 radical (unpaired) electrons. The minimum atomic E-state index is 0.556. The van der Waals surface area contributed by atoms with Crippen LogP contribution in [-0.4, -0.2) is 15.6 Å². The Labute approximate surface area is 127 Å². The van der Waals surface area contributed by atoms with Gasteiger partial charge in [-0.3, -0.25) is 0 Å². The fraction of sp³-hybridized carbons (Fsp3) is 0.500. The zero-order chi connectivity index (χ0) is 14.7. The number of fused-ring (bicyclic) bond motifs is 1. The molecule has 2 aromatic rings. The fourth-order valence-corrected chi connectivity index (χ4v) is 3.45. The summed E-state index contributed by atoms with van der Waals surface area (Å²) in [4.78, 5) is 4.54. The molecular formula is C18H25N3. The van der Waals surface area contributed by atoms with Crippen LogP contribution in [0, 0.1) is 0 Å². The predicted octanol–water partition coefficient (Wildman–Crippen LogP) is 4.21. The van der Waals surface area contributed by atoms with E-state index in [0.29, 0.717) is 12.0 Å². The third-order valence-corrected chi connectivity index (χ3v) is 4.42. The molecule has 3 rings (SSSR count). The molecule has 0 saturated heterocycles. The van der Waals surface area contributed by atoms with Gasteiger partial charge in [0.25, 0.3) is 0 Å². The van der Waals surface area contributed by atoms with Crippen LogP contribution in [0.2, 0.25) is 0 Å². The zero-order valence-electron chi connectivity index (χ0n) is 13.0. The fourth-order valence-electron chi connectivity index (χ4n) is 3.45. The molecule has 0 aliphatic carbocycles. The van der Waals surface area contributed by atoms with Gasteiger partial charge >= 0.3 is 0 Å². The average Bonchev–Trinajstić information content (AvgIpc) is 2.92. The lowest BCUT2D eigenvalue weighted by molar-refractivity contribution is 0.507. The summed E-state index contributed by atoms with van der Waals surface area (Å²) in [6.07, 6.45) is 8.67. The van der Waals surface area contributed by atoms with E-state index in [1.54, 1.807) is 0 Å². The Hall–Kier alpha value is -1.77. The maximum atomic E-state index is 4.54. The quantitative estimate of drug-likeness (QED) is 0.890. The number of nitrogens with zero attached hydrogens (tertiary/aromatic N) is 2. The lowest BCUT2D eigenvalue weighted by atomic mass is 9.84. The molecule has 1 aliphatic rings. The van der Waals surface area contributed by atoms with Gasteiger partial charge in [-0.2, -0.15) is 0 Å². The van der Waals surface area contributed by atoms with Crippen LogP contribution in [0.15, 0.2) is 36.7 Å². The maximum absolute atomic E-state index is 4.54. The summed E-state index contributed by atoms with van der Waals surface area (Å²) in [6, 6.07) is 9.31. The number of benzene rings is 1. The third kappa shape index (κ3) is 3.12. The number of rotatable bonds is 5. The number of aryl methyl sites for hydroxylation is 2. The van der Waals surface area contributed by atoms with Crippen LogP contribution in [0.1, 0.15) is 50.4 Å². The molecule has 2 heterocycles. The molecule has 21 heavy (non-hydrogen) atoms. The molecule has 1 aliphatic heterocycles. The number of aromatic nitrogens is 2. The number of imidazole rings is 1. The second kappa shape index (κ2) is 6.33. The highest BCUT2D eigenvalue weighted by Gasteiger charge is 2.23. The second-order valence-electron chi connectivity index (χ2n) is 6.14. The second-order valence-corrected chi connectivity index (χ2v) is 6.14. The van der Waals surface area contributed by atoms with Crippen molar-refractivity contribution in [2.75, 3.05) is 5.32 Å². The average molecular weight is 283 g/mol. The zero-order valence-corrected chi connectivity index (χ0v) is 13.0. The van der Waals surface area contributed by atoms with Crippen molar-refractivity contribution < 1.29 is 0 Å². The van der Waals surface area contributed by atoms with Crippen LogP contribution >= 0.6 is 0 Å². The number of anilines is 1. The standard InChI is InChI=1S/C18H25N3/c1-3-11-21-12-10-19-18(21)9-8-15-13-14(2)20-17-7-5-4-6-16(15)17/h4-7,10,12,14-15,20H,3,8-9,11,13H2,1-2H3. The molecule has 3 heteroatoms. The summed E-state index contributed by atoms with van der Waals surface area (Å²) in [5.74, 6) is 1.88. The van der Waals surface area contributed by atoms with Gasteiger partial charge in [-0.25, -0.2) is 4.98 Å². The van der Waals surface area contributed by atoms with Gasteiger partial charge in [0.2, 0.25) is 0 Å². The van der Waals surface area contributed by atoms with E-state index in [4.69, 9.17) is 0 Å². The van der Waals surface area contributed by atoms with Gasteiger partial charge in [0.05, 0.1) is 0 Å². The maximum Gasteiger partial charge on any atom is 0.108 e. The van der Waals surface area contributed by atoms with E-state index in [2.05, 4.69) is 59.2 Å². The van der Waals surface area contributed by atoms with Crippen molar-refractivity contribution in [2.24, 2.45) is 0 Å². The van der Waals surface area contributed by atoms with Crippen molar-refractivity contribution in [1.29, 1.82) is 0 Å². The summed E-state index contributed by atoms with van der Waals surface area (Å²) >= 11 is 0. The Kier molecular flexibility index (Phi) is 4.28. The van der Waals surface area contributed by atoms with Crippen LogP contribution in [0.5, 0.6) is 0 Å². The summed E-state index contributed by atoms with van der Waals surface area (Å²) in [6.45, 7) is 5.57. The first kappa shape index (κ1) is 14.2. The monoisotopic (exact) mass is 283 g/mol. The minimum absolute atomic E-state index is 0.556. The van der Waals surface area contributed by atoms with E-state index in [9.17, 15) is 0 Å². The first-order chi connectivity index (χ1) is 10.3. The van der Waals surface area contributed by atoms with Crippen molar-refractivity contribution in [3.05, 3.63) is 48.0 Å². The van der Waals surface area contributed by atoms with Crippen LogP contribution in [0.4, 0.5) is 5.69 Å². The lowest BCUT2D eigenvalue weighted by Crippen LogP contribution is -2.25. The number of hydrogen-bond donors (Lipinski definition) is 1. The van der Waals surface area contributed by atoms with Crippen molar-refractivity contribution in [3.63, 3.8) is 0 Å². The predicted molar refractivity (Wildman–Crippen MR) is 87.7 cm³/mol. The SMILES string of the molecule is CCCn1ccnc1CCC1CC(C)Nc2ccccc21. The molecule has 1 aromatic heterocycles. The first-order valence-electron chi connectivity index (χ1n) is 8.13. The molecule has 1 aromatic carbocycles. The summed E-state index contributed by atoms with van der Waals surface area (Å²) < 4.78 is 2.30. The van der Waals surface area contributed by atoms with Gasteiger partial charge in [0.1, 0.15) is 5.82 Å². The Morgan fingerprint density at radius 2 is 2.19 bits per heavy atom. The van der Waals surface area contributed by atoms with E-state index in [-0.39, 0.29) is 0 Å². The third-order valence-electron chi connectivity index (χ3n) is 4.42. The Balaban J connectivity index is 1.72. The topological polar surface area (TPSA) is 29.9 Å². The van der Waals surface area contributed by atoms with Gasteiger partial charge in [0, 0.05) is 37.1 Å². The summed E-state index contributed by atoms with van der Waals surface area (Å²) in [7, 11) is 0. The molecule has 0 bridgehead atoms. The van der Waals surface area contributed by atoms with E-state index >= 15 is 0 Å². The van der Waals surface area contributed by atoms with Gasteiger partial charge < -0.3 is 9.88 Å². The molecule has 1 N–H and O–H groups in total. The highest BCUT2D eigenvalue weighted by atomic mass is 15.1. The molecular weight excluding hydrogens is 258 g/mol. The Bertz CT molecular complexity index is 588. The molecule has 2 atom stereocenters. The van der Waals surface area contributed by atoms with Gasteiger partial charge in [-0.15, -0.1) is 0 Å². The molecule has 0 fully saturated rings. The van der Waals surface area contributed by atoms with Gasteiger partial charge in [0.15, 0.2) is 0 Å². The number of para-hydroxylation sites is 1. The van der Waals surface area contributed by atoms with Crippen LogP contribution in [-0.2, 0) is 13.0 Å². The van der Waals surface area contributed by atoms with E-state index < -0.39 is 0 Å². The highest BCUT2D eigenvalue weighted by molar-refractivity contribution is 5.55. The molecule has 3 nitrogen and oxygen atoms in total. The molecule has 2 unspecified atom stereocenters. The first-order valence-corrected chi connectivity index (χ1v) is 8.13. The van der Waals surface area contributed by atoms with Gasteiger partial charge in [-0.05, 0) is 43.7 Å². The number of hydrogen-bond acceptors (Lipinski definition) is 2. The van der Waals surface area contributed by atoms with Crippen molar-refractivity contribution in [1.82, 2.24) is 9.55 Å².